The van der Waals surface area contributed by atoms with Crippen molar-refractivity contribution in [1.29, 1.82) is 0 Å². The molecule has 0 unspecified atom stereocenters. The van der Waals surface area contributed by atoms with Gasteiger partial charge in [-0.05, 0) is 61.8 Å². The summed E-state index contributed by atoms with van der Waals surface area (Å²) in [5, 5.41) is 3.21. The minimum absolute atomic E-state index is 0.0270. The van der Waals surface area contributed by atoms with Gasteiger partial charge in [0.2, 0.25) is 11.8 Å². The summed E-state index contributed by atoms with van der Waals surface area (Å²) in [6.07, 6.45) is 7.76. The third-order valence-corrected chi connectivity index (χ3v) is 6.78. The average molecular weight is 435 g/mol. The second-order valence-corrected chi connectivity index (χ2v) is 9.14. The van der Waals surface area contributed by atoms with Crippen LogP contribution in [-0.4, -0.2) is 28.8 Å². The van der Waals surface area contributed by atoms with Crippen molar-refractivity contribution in [3.63, 3.8) is 0 Å². The molecule has 0 saturated heterocycles. The smallest absolute Gasteiger partial charge is 0.242 e. The van der Waals surface area contributed by atoms with Gasteiger partial charge in [-0.1, -0.05) is 74.7 Å². The molecule has 1 fully saturated rings. The van der Waals surface area contributed by atoms with E-state index < -0.39 is 6.04 Å². The zero-order chi connectivity index (χ0) is 22.9. The van der Waals surface area contributed by atoms with Gasteiger partial charge in [0.25, 0.3) is 0 Å². The molecule has 32 heavy (non-hydrogen) atoms. The number of hydrogen-bond acceptors (Lipinski definition) is 2. The number of aryl methyl sites for hydroxylation is 3. The number of hydrogen-bond donors (Lipinski definition) is 1. The second kappa shape index (κ2) is 11.8. The molecule has 0 spiro atoms. The van der Waals surface area contributed by atoms with Crippen molar-refractivity contribution >= 4 is 11.8 Å². The number of rotatable bonds is 9. The van der Waals surface area contributed by atoms with Crippen molar-refractivity contribution in [2.45, 2.75) is 90.8 Å². The summed E-state index contributed by atoms with van der Waals surface area (Å²) in [6.45, 7) is 6.52. The number of nitrogens with one attached hydrogen (secondary N) is 1. The number of amides is 2. The van der Waals surface area contributed by atoms with E-state index in [1.54, 1.807) is 4.90 Å². The maximum Gasteiger partial charge on any atom is 0.242 e. The Bertz CT molecular complexity index is 885. The van der Waals surface area contributed by atoms with E-state index >= 15 is 0 Å². The maximum absolute atomic E-state index is 13.3. The first kappa shape index (κ1) is 24.0. The van der Waals surface area contributed by atoms with Gasteiger partial charge in [-0.25, -0.2) is 0 Å². The van der Waals surface area contributed by atoms with Crippen LogP contribution < -0.4 is 5.32 Å². The van der Waals surface area contributed by atoms with Crippen molar-refractivity contribution in [3.8, 4) is 0 Å². The molecule has 0 aromatic heterocycles. The van der Waals surface area contributed by atoms with Crippen LogP contribution in [0.5, 0.6) is 0 Å². The van der Waals surface area contributed by atoms with Crippen LogP contribution in [0.2, 0.25) is 0 Å². The van der Waals surface area contributed by atoms with Crippen LogP contribution in [0.1, 0.15) is 74.6 Å². The van der Waals surface area contributed by atoms with Crippen molar-refractivity contribution < 1.29 is 9.59 Å². The van der Waals surface area contributed by atoms with Gasteiger partial charge < -0.3 is 10.2 Å². The molecule has 1 aliphatic carbocycles. The molecule has 0 aliphatic heterocycles. The van der Waals surface area contributed by atoms with Crippen LogP contribution in [0.3, 0.4) is 0 Å². The van der Waals surface area contributed by atoms with E-state index in [0.717, 1.165) is 36.0 Å². The van der Waals surface area contributed by atoms with Gasteiger partial charge in [-0.15, -0.1) is 0 Å². The van der Waals surface area contributed by atoms with Crippen LogP contribution in [0, 0.1) is 6.92 Å². The van der Waals surface area contributed by atoms with Gasteiger partial charge in [0.05, 0.1) is 0 Å². The van der Waals surface area contributed by atoms with E-state index in [-0.39, 0.29) is 17.9 Å². The lowest BCUT2D eigenvalue weighted by Gasteiger charge is -2.31. The standard InChI is InChI=1S/C28H38N2O2/c1-4-23-14-16-24(17-15-23)18-19-27(31)30(20-25-11-9-8-10-21(25)2)22(3)28(32)29-26-12-6-5-7-13-26/h8-11,14-17,22,26H,4-7,12-13,18-20H2,1-3H3,(H,29,32)/t22-/m0/s1. The quantitative estimate of drug-likeness (QED) is 0.578. The Labute approximate surface area is 193 Å². The van der Waals surface area contributed by atoms with Crippen LogP contribution in [0.25, 0.3) is 0 Å². The lowest BCUT2D eigenvalue weighted by molar-refractivity contribution is -0.141. The zero-order valence-corrected chi connectivity index (χ0v) is 19.9. The Kier molecular flexibility index (Phi) is 8.90. The molecule has 3 rings (SSSR count). The van der Waals surface area contributed by atoms with Gasteiger partial charge in [-0.2, -0.15) is 0 Å². The summed E-state index contributed by atoms with van der Waals surface area (Å²) in [5.41, 5.74) is 4.69. The van der Waals surface area contributed by atoms with Crippen molar-refractivity contribution in [2.75, 3.05) is 0 Å². The molecule has 4 nitrogen and oxygen atoms in total. The Morgan fingerprint density at radius 2 is 1.66 bits per heavy atom. The fourth-order valence-corrected chi connectivity index (χ4v) is 4.46. The fraction of sp³-hybridized carbons (Fsp3) is 0.500. The molecule has 1 aliphatic rings. The van der Waals surface area contributed by atoms with Gasteiger partial charge in [0.1, 0.15) is 6.04 Å². The van der Waals surface area contributed by atoms with E-state index in [9.17, 15) is 9.59 Å². The highest BCUT2D eigenvalue weighted by Crippen LogP contribution is 2.19. The first-order valence-electron chi connectivity index (χ1n) is 12.2. The Morgan fingerprint density at radius 1 is 1.00 bits per heavy atom. The van der Waals surface area contributed by atoms with E-state index in [1.165, 1.54) is 24.8 Å². The molecule has 1 N–H and O–H groups in total. The number of carbonyl (C=O) groups is 2. The molecule has 2 aromatic rings. The van der Waals surface area contributed by atoms with Crippen LogP contribution in [0.4, 0.5) is 0 Å². The highest BCUT2D eigenvalue weighted by molar-refractivity contribution is 5.87. The molecular weight excluding hydrogens is 396 g/mol. The maximum atomic E-state index is 13.3. The summed E-state index contributed by atoms with van der Waals surface area (Å²) < 4.78 is 0. The first-order valence-corrected chi connectivity index (χ1v) is 12.2. The number of nitrogens with zero attached hydrogens (tertiary/aromatic N) is 1. The second-order valence-electron chi connectivity index (χ2n) is 9.14. The highest BCUT2D eigenvalue weighted by atomic mass is 16.2. The van der Waals surface area contributed by atoms with Gasteiger partial charge >= 0.3 is 0 Å². The Balaban J connectivity index is 1.70. The summed E-state index contributed by atoms with van der Waals surface area (Å²) in [5.74, 6) is -0.00903. The zero-order valence-electron chi connectivity index (χ0n) is 19.9. The Morgan fingerprint density at radius 3 is 2.31 bits per heavy atom. The molecule has 172 valence electrons. The SMILES string of the molecule is CCc1ccc(CCC(=O)N(Cc2ccccc2C)[C@@H](C)C(=O)NC2CCCCC2)cc1. The molecule has 1 saturated carbocycles. The normalized spacial score (nSPS) is 15.2. The minimum Gasteiger partial charge on any atom is -0.352 e. The highest BCUT2D eigenvalue weighted by Gasteiger charge is 2.28. The summed E-state index contributed by atoms with van der Waals surface area (Å²) in [6, 6.07) is 16.3. The third-order valence-electron chi connectivity index (χ3n) is 6.78. The summed E-state index contributed by atoms with van der Waals surface area (Å²) in [7, 11) is 0. The lowest BCUT2D eigenvalue weighted by atomic mass is 9.95. The number of carbonyl (C=O) groups excluding carboxylic acids is 2. The van der Waals surface area contributed by atoms with Gasteiger partial charge in [-0.3, -0.25) is 9.59 Å². The average Bonchev–Trinajstić information content (AvgIpc) is 2.82. The van der Waals surface area contributed by atoms with Crippen molar-refractivity contribution in [2.24, 2.45) is 0 Å². The monoisotopic (exact) mass is 434 g/mol. The van der Waals surface area contributed by atoms with E-state index in [0.29, 0.717) is 19.4 Å². The van der Waals surface area contributed by atoms with E-state index in [2.05, 4.69) is 49.5 Å². The van der Waals surface area contributed by atoms with Crippen LogP contribution in [-0.2, 0) is 29.0 Å². The lowest BCUT2D eigenvalue weighted by Crippen LogP contribution is -2.50. The Hall–Kier alpha value is -2.62. The summed E-state index contributed by atoms with van der Waals surface area (Å²) in [4.78, 5) is 28.2. The third kappa shape index (κ3) is 6.69. The van der Waals surface area contributed by atoms with Crippen LogP contribution >= 0.6 is 0 Å². The molecule has 2 aromatic carbocycles. The predicted octanol–water partition coefficient (Wildman–Crippen LogP) is 5.36. The topological polar surface area (TPSA) is 49.4 Å². The molecule has 0 bridgehead atoms. The van der Waals surface area contributed by atoms with E-state index in [4.69, 9.17) is 0 Å². The molecule has 4 heteroatoms. The van der Waals surface area contributed by atoms with E-state index in [1.807, 2.05) is 25.1 Å². The minimum atomic E-state index is -0.494. The summed E-state index contributed by atoms with van der Waals surface area (Å²) >= 11 is 0. The largest absolute Gasteiger partial charge is 0.352 e. The fourth-order valence-electron chi connectivity index (χ4n) is 4.46. The predicted molar refractivity (Wildman–Crippen MR) is 130 cm³/mol. The number of benzene rings is 2. The van der Waals surface area contributed by atoms with Crippen molar-refractivity contribution in [1.82, 2.24) is 10.2 Å². The first-order chi connectivity index (χ1) is 15.5. The van der Waals surface area contributed by atoms with Gasteiger partial charge in [0, 0.05) is 19.0 Å². The van der Waals surface area contributed by atoms with Crippen molar-refractivity contribution in [3.05, 3.63) is 70.8 Å². The molecule has 2 amide bonds. The molecule has 0 heterocycles. The van der Waals surface area contributed by atoms with Crippen LogP contribution in [0.15, 0.2) is 48.5 Å². The molecule has 0 radical (unpaired) electrons. The van der Waals surface area contributed by atoms with Gasteiger partial charge in [0.15, 0.2) is 0 Å². The molecular formula is C28H38N2O2. The molecule has 1 atom stereocenters.